The molecule has 1 aromatic carbocycles. The molecule has 0 saturated carbocycles. The van der Waals surface area contributed by atoms with Gasteiger partial charge in [0.15, 0.2) is 0 Å². The van der Waals surface area contributed by atoms with Crippen molar-refractivity contribution in [1.82, 2.24) is 5.32 Å². The fourth-order valence-electron chi connectivity index (χ4n) is 2.47. The molecule has 0 amide bonds. The monoisotopic (exact) mass is 266 g/mol. The first-order valence-electron chi connectivity index (χ1n) is 6.83. The summed E-state index contributed by atoms with van der Waals surface area (Å²) in [5, 5.41) is 4.12. The summed E-state index contributed by atoms with van der Waals surface area (Å²) in [7, 11) is 1.97. The third kappa shape index (κ3) is 2.99. The summed E-state index contributed by atoms with van der Waals surface area (Å²) < 4.78 is 0. The second kappa shape index (κ2) is 5.94. The molecule has 2 rings (SSSR count). The first kappa shape index (κ1) is 13.7. The molecule has 1 saturated heterocycles. The molecule has 1 unspecified atom stereocenters. The number of hydrogen-bond acceptors (Lipinski definition) is 2. The molecule has 100 valence electrons. The quantitative estimate of drug-likeness (QED) is 0.894. The van der Waals surface area contributed by atoms with E-state index in [1.54, 1.807) is 0 Å². The van der Waals surface area contributed by atoms with Crippen LogP contribution in [0.3, 0.4) is 0 Å². The Morgan fingerprint density at radius 3 is 2.56 bits per heavy atom. The van der Waals surface area contributed by atoms with Gasteiger partial charge in [0.25, 0.3) is 0 Å². The zero-order valence-electron chi connectivity index (χ0n) is 11.5. The zero-order chi connectivity index (χ0) is 13.1. The van der Waals surface area contributed by atoms with Crippen molar-refractivity contribution in [2.24, 2.45) is 5.92 Å². The van der Waals surface area contributed by atoms with Crippen LogP contribution < -0.4 is 10.2 Å². The van der Waals surface area contributed by atoms with Crippen LogP contribution in [-0.2, 0) is 0 Å². The van der Waals surface area contributed by atoms with Crippen molar-refractivity contribution < 1.29 is 0 Å². The Morgan fingerprint density at radius 2 is 2.00 bits per heavy atom. The SMILES string of the molecule is CNC(C)c1ccc(N2CCC(C)CC2)c(Cl)c1. The maximum atomic E-state index is 6.43. The molecule has 1 N–H and O–H groups in total. The lowest BCUT2D eigenvalue weighted by Crippen LogP contribution is -2.33. The van der Waals surface area contributed by atoms with Crippen molar-refractivity contribution in [3.63, 3.8) is 0 Å². The number of halogens is 1. The van der Waals surface area contributed by atoms with E-state index in [4.69, 9.17) is 11.6 Å². The molecule has 1 heterocycles. The Bertz CT molecular complexity index is 397. The van der Waals surface area contributed by atoms with Crippen LogP contribution >= 0.6 is 11.6 Å². The summed E-state index contributed by atoms with van der Waals surface area (Å²) in [6, 6.07) is 6.79. The average molecular weight is 267 g/mol. The molecule has 0 aromatic heterocycles. The lowest BCUT2D eigenvalue weighted by atomic mass is 9.98. The second-order valence-corrected chi connectivity index (χ2v) is 5.80. The number of hydrogen-bond donors (Lipinski definition) is 1. The fourth-order valence-corrected chi connectivity index (χ4v) is 2.77. The summed E-state index contributed by atoms with van der Waals surface area (Å²) in [6.45, 7) is 6.73. The highest BCUT2D eigenvalue weighted by Gasteiger charge is 2.18. The van der Waals surface area contributed by atoms with E-state index in [1.165, 1.54) is 24.1 Å². The Morgan fingerprint density at radius 1 is 1.33 bits per heavy atom. The van der Waals surface area contributed by atoms with E-state index in [0.717, 1.165) is 24.0 Å². The van der Waals surface area contributed by atoms with Gasteiger partial charge in [0.05, 0.1) is 10.7 Å². The van der Waals surface area contributed by atoms with Crippen LogP contribution in [0.2, 0.25) is 5.02 Å². The highest BCUT2D eigenvalue weighted by atomic mass is 35.5. The van der Waals surface area contributed by atoms with E-state index in [-0.39, 0.29) is 0 Å². The maximum Gasteiger partial charge on any atom is 0.0642 e. The van der Waals surface area contributed by atoms with Gasteiger partial charge in [-0.1, -0.05) is 24.6 Å². The molecule has 18 heavy (non-hydrogen) atoms. The molecule has 2 nitrogen and oxygen atoms in total. The molecule has 0 bridgehead atoms. The lowest BCUT2D eigenvalue weighted by molar-refractivity contribution is 0.438. The molecule has 0 spiro atoms. The van der Waals surface area contributed by atoms with E-state index in [2.05, 4.69) is 42.3 Å². The number of anilines is 1. The van der Waals surface area contributed by atoms with E-state index in [1.807, 2.05) is 7.05 Å². The second-order valence-electron chi connectivity index (χ2n) is 5.39. The van der Waals surface area contributed by atoms with Crippen molar-refractivity contribution in [1.29, 1.82) is 0 Å². The molecule has 1 aliphatic heterocycles. The topological polar surface area (TPSA) is 15.3 Å². The molecular formula is C15H23ClN2. The van der Waals surface area contributed by atoms with Crippen LogP contribution in [0.5, 0.6) is 0 Å². The normalized spacial score (nSPS) is 19.0. The predicted octanol–water partition coefficient (Wildman–Crippen LogP) is 3.86. The van der Waals surface area contributed by atoms with Gasteiger partial charge < -0.3 is 10.2 Å². The van der Waals surface area contributed by atoms with Gasteiger partial charge in [-0.3, -0.25) is 0 Å². The first-order chi connectivity index (χ1) is 8.61. The third-order valence-corrected chi connectivity index (χ3v) is 4.33. The summed E-state index contributed by atoms with van der Waals surface area (Å²) in [5.74, 6) is 0.851. The van der Waals surface area contributed by atoms with Crippen LogP contribution in [-0.4, -0.2) is 20.1 Å². The number of nitrogens with one attached hydrogen (secondary N) is 1. The summed E-state index contributed by atoms with van der Waals surface area (Å²) in [4.78, 5) is 2.41. The summed E-state index contributed by atoms with van der Waals surface area (Å²) in [5.41, 5.74) is 2.44. The molecule has 3 heteroatoms. The van der Waals surface area contributed by atoms with Crippen molar-refractivity contribution >= 4 is 17.3 Å². The van der Waals surface area contributed by atoms with Crippen molar-refractivity contribution in [3.8, 4) is 0 Å². The fraction of sp³-hybridized carbons (Fsp3) is 0.600. The van der Waals surface area contributed by atoms with Gasteiger partial charge in [-0.15, -0.1) is 0 Å². The van der Waals surface area contributed by atoms with Gasteiger partial charge in [-0.25, -0.2) is 0 Å². The number of piperidine rings is 1. The van der Waals surface area contributed by atoms with Gasteiger partial charge in [0.1, 0.15) is 0 Å². The molecule has 1 fully saturated rings. The molecule has 1 aliphatic rings. The lowest BCUT2D eigenvalue weighted by Gasteiger charge is -2.33. The van der Waals surface area contributed by atoms with Gasteiger partial charge >= 0.3 is 0 Å². The summed E-state index contributed by atoms with van der Waals surface area (Å²) in [6.07, 6.45) is 2.54. The standard InChI is InChI=1S/C15H23ClN2/c1-11-6-8-18(9-7-11)15-5-4-13(10-14(15)16)12(2)17-3/h4-5,10-12,17H,6-9H2,1-3H3. The zero-order valence-corrected chi connectivity index (χ0v) is 12.3. The highest BCUT2D eigenvalue weighted by molar-refractivity contribution is 6.33. The van der Waals surface area contributed by atoms with Crippen LogP contribution in [0.25, 0.3) is 0 Å². The van der Waals surface area contributed by atoms with Crippen LogP contribution in [0.1, 0.15) is 38.3 Å². The van der Waals surface area contributed by atoms with Crippen LogP contribution in [0.15, 0.2) is 18.2 Å². The molecule has 1 aromatic rings. The van der Waals surface area contributed by atoms with E-state index < -0.39 is 0 Å². The van der Waals surface area contributed by atoms with Gasteiger partial charge in [-0.2, -0.15) is 0 Å². The maximum absolute atomic E-state index is 6.43. The number of benzene rings is 1. The van der Waals surface area contributed by atoms with E-state index in [0.29, 0.717) is 6.04 Å². The average Bonchev–Trinajstić information content (AvgIpc) is 2.39. The minimum atomic E-state index is 0.345. The highest BCUT2D eigenvalue weighted by Crippen LogP contribution is 2.31. The van der Waals surface area contributed by atoms with Crippen molar-refractivity contribution in [2.75, 3.05) is 25.0 Å². The minimum absolute atomic E-state index is 0.345. The Kier molecular flexibility index (Phi) is 4.52. The molecule has 0 aliphatic carbocycles. The Hall–Kier alpha value is -0.730. The first-order valence-corrected chi connectivity index (χ1v) is 7.21. The van der Waals surface area contributed by atoms with Gasteiger partial charge in [-0.05, 0) is 50.4 Å². The minimum Gasteiger partial charge on any atom is -0.370 e. The Balaban J connectivity index is 2.14. The van der Waals surface area contributed by atoms with Gasteiger partial charge in [0, 0.05) is 19.1 Å². The number of nitrogens with zero attached hydrogens (tertiary/aromatic N) is 1. The largest absolute Gasteiger partial charge is 0.370 e. The van der Waals surface area contributed by atoms with Crippen molar-refractivity contribution in [3.05, 3.63) is 28.8 Å². The predicted molar refractivity (Wildman–Crippen MR) is 79.5 cm³/mol. The van der Waals surface area contributed by atoms with Crippen LogP contribution in [0.4, 0.5) is 5.69 Å². The van der Waals surface area contributed by atoms with Crippen molar-refractivity contribution in [2.45, 2.75) is 32.7 Å². The molecular weight excluding hydrogens is 244 g/mol. The summed E-state index contributed by atoms with van der Waals surface area (Å²) >= 11 is 6.43. The number of rotatable bonds is 3. The Labute approximate surface area is 115 Å². The van der Waals surface area contributed by atoms with E-state index in [9.17, 15) is 0 Å². The molecule has 0 radical (unpaired) electrons. The third-order valence-electron chi connectivity index (χ3n) is 4.03. The van der Waals surface area contributed by atoms with Crippen LogP contribution in [0, 0.1) is 5.92 Å². The smallest absolute Gasteiger partial charge is 0.0642 e. The molecule has 1 atom stereocenters. The van der Waals surface area contributed by atoms with E-state index >= 15 is 0 Å². The van der Waals surface area contributed by atoms with Gasteiger partial charge in [0.2, 0.25) is 0 Å².